The number of rotatable bonds is 6. The molecule has 4 rings (SSSR count). The van der Waals surface area contributed by atoms with Crippen molar-refractivity contribution >= 4 is 22.7 Å². The third-order valence-corrected chi connectivity index (χ3v) is 5.26. The molecule has 0 aliphatic rings. The van der Waals surface area contributed by atoms with E-state index in [1.165, 1.54) is 17.8 Å². The Balaban J connectivity index is 1.60. The molecule has 2 aromatic heterocycles. The monoisotopic (exact) mass is 410 g/mol. The first kappa shape index (κ1) is 19.1. The molecular formula is C21H18N2O5S. The van der Waals surface area contributed by atoms with Crippen molar-refractivity contribution in [1.82, 2.24) is 10.2 Å². The van der Waals surface area contributed by atoms with Crippen molar-refractivity contribution in [2.45, 2.75) is 24.8 Å². The first-order chi connectivity index (χ1) is 14.1. The second-order valence-corrected chi connectivity index (χ2v) is 7.19. The summed E-state index contributed by atoms with van der Waals surface area (Å²) in [5.41, 5.74) is 1.92. The molecule has 2 aromatic carbocycles. The lowest BCUT2D eigenvalue weighted by atomic mass is 10.1. The Morgan fingerprint density at radius 1 is 1.14 bits per heavy atom. The van der Waals surface area contributed by atoms with Gasteiger partial charge in [-0.3, -0.25) is 0 Å². The molecular weight excluding hydrogens is 392 g/mol. The Morgan fingerprint density at radius 3 is 2.79 bits per heavy atom. The highest BCUT2D eigenvalue weighted by atomic mass is 32.2. The Morgan fingerprint density at radius 2 is 1.97 bits per heavy atom. The summed E-state index contributed by atoms with van der Waals surface area (Å²) < 4.78 is 16.7. The summed E-state index contributed by atoms with van der Waals surface area (Å²) in [6.45, 7) is 4.15. The van der Waals surface area contributed by atoms with Gasteiger partial charge in [-0.25, -0.2) is 4.79 Å². The van der Waals surface area contributed by atoms with E-state index in [1.54, 1.807) is 19.1 Å². The van der Waals surface area contributed by atoms with E-state index >= 15 is 0 Å². The summed E-state index contributed by atoms with van der Waals surface area (Å²) in [5, 5.41) is 19.2. The van der Waals surface area contributed by atoms with Crippen LogP contribution in [0.4, 0.5) is 0 Å². The topological polar surface area (TPSA) is 98.6 Å². The van der Waals surface area contributed by atoms with Gasteiger partial charge in [-0.1, -0.05) is 23.9 Å². The molecule has 7 nitrogen and oxygen atoms in total. The van der Waals surface area contributed by atoms with Gasteiger partial charge in [-0.15, -0.1) is 10.2 Å². The maximum atomic E-state index is 11.9. The summed E-state index contributed by atoms with van der Waals surface area (Å²) in [4.78, 5) is 11.9. The van der Waals surface area contributed by atoms with E-state index in [0.29, 0.717) is 40.4 Å². The quantitative estimate of drug-likeness (QED) is 0.365. The zero-order valence-corrected chi connectivity index (χ0v) is 16.7. The smallest absolute Gasteiger partial charge is 0.336 e. The highest BCUT2D eigenvalue weighted by Gasteiger charge is 2.15. The van der Waals surface area contributed by atoms with Crippen molar-refractivity contribution < 1.29 is 18.7 Å². The number of nitrogens with zero attached hydrogens (tertiary/aromatic N) is 2. The zero-order valence-electron chi connectivity index (χ0n) is 15.8. The normalized spacial score (nSPS) is 11.1. The molecule has 0 aliphatic heterocycles. The van der Waals surface area contributed by atoms with Crippen LogP contribution in [0.15, 0.2) is 61.3 Å². The summed E-state index contributed by atoms with van der Waals surface area (Å²) in [6, 6.07) is 12.2. The van der Waals surface area contributed by atoms with Crippen molar-refractivity contribution in [3.8, 4) is 23.0 Å². The molecule has 148 valence electrons. The number of aromatic hydroxyl groups is 1. The standard InChI is InChI=1S/C21H18N2O5S/c1-3-26-17-7-5-4-6-15(17)20-22-23-21(28-20)29-11-13-10-18(25)27-19-12(2)16(24)9-8-14(13)19/h4-10,24H,3,11H2,1-2H3. The van der Waals surface area contributed by atoms with Crippen molar-refractivity contribution in [3.05, 3.63) is 64.0 Å². The van der Waals surface area contributed by atoms with Crippen LogP contribution in [0, 0.1) is 6.92 Å². The average Bonchev–Trinajstić information content (AvgIpc) is 3.19. The number of aryl methyl sites for hydroxylation is 1. The number of aromatic nitrogens is 2. The molecule has 2 heterocycles. The van der Waals surface area contributed by atoms with Crippen LogP contribution in [0.3, 0.4) is 0 Å². The molecule has 0 saturated heterocycles. The number of phenolic OH excluding ortho intramolecular Hbond substituents is 1. The Labute approximate surface area is 170 Å². The number of fused-ring (bicyclic) bond motifs is 1. The first-order valence-corrected chi connectivity index (χ1v) is 9.99. The zero-order chi connectivity index (χ0) is 20.4. The minimum atomic E-state index is -0.473. The lowest BCUT2D eigenvalue weighted by Gasteiger charge is -2.07. The van der Waals surface area contributed by atoms with Crippen molar-refractivity contribution in [3.63, 3.8) is 0 Å². The number of benzene rings is 2. The molecule has 0 radical (unpaired) electrons. The summed E-state index contributed by atoms with van der Waals surface area (Å²) in [6.07, 6.45) is 0. The number of hydrogen-bond donors (Lipinski definition) is 1. The molecule has 0 bridgehead atoms. The lowest BCUT2D eigenvalue weighted by Crippen LogP contribution is -2.01. The lowest BCUT2D eigenvalue weighted by molar-refractivity contribution is 0.340. The maximum Gasteiger partial charge on any atom is 0.336 e. The molecule has 0 aliphatic carbocycles. The predicted octanol–water partition coefficient (Wildman–Crippen LogP) is 4.55. The van der Waals surface area contributed by atoms with Gasteiger partial charge in [-0.05, 0) is 43.7 Å². The van der Waals surface area contributed by atoms with Gasteiger partial charge in [0.25, 0.3) is 11.1 Å². The number of para-hydroxylation sites is 1. The van der Waals surface area contributed by atoms with Crippen LogP contribution in [0.1, 0.15) is 18.1 Å². The van der Waals surface area contributed by atoms with Crippen LogP contribution in [0.5, 0.6) is 11.5 Å². The third kappa shape index (κ3) is 3.84. The number of ether oxygens (including phenoxy) is 1. The molecule has 0 amide bonds. The second kappa shape index (κ2) is 8.00. The van der Waals surface area contributed by atoms with Gasteiger partial charge in [0.15, 0.2) is 0 Å². The van der Waals surface area contributed by atoms with E-state index in [4.69, 9.17) is 13.6 Å². The molecule has 0 saturated carbocycles. The van der Waals surface area contributed by atoms with E-state index < -0.39 is 5.63 Å². The molecule has 29 heavy (non-hydrogen) atoms. The minimum absolute atomic E-state index is 0.0833. The molecule has 8 heteroatoms. The van der Waals surface area contributed by atoms with Crippen LogP contribution >= 0.6 is 11.8 Å². The molecule has 4 aromatic rings. The van der Waals surface area contributed by atoms with E-state index in [0.717, 1.165) is 16.5 Å². The Bertz CT molecular complexity index is 1230. The number of phenols is 1. The SMILES string of the molecule is CCOc1ccccc1-c1nnc(SCc2cc(=O)oc3c(C)c(O)ccc23)o1. The van der Waals surface area contributed by atoms with Gasteiger partial charge in [0.1, 0.15) is 17.1 Å². The molecule has 0 unspecified atom stereocenters. The van der Waals surface area contributed by atoms with Crippen LogP contribution < -0.4 is 10.4 Å². The van der Waals surface area contributed by atoms with Crippen LogP contribution in [-0.2, 0) is 5.75 Å². The Hall–Kier alpha value is -3.26. The van der Waals surface area contributed by atoms with E-state index in [2.05, 4.69) is 10.2 Å². The first-order valence-electron chi connectivity index (χ1n) is 9.00. The van der Waals surface area contributed by atoms with E-state index in [1.807, 2.05) is 31.2 Å². The van der Waals surface area contributed by atoms with Crippen molar-refractivity contribution in [1.29, 1.82) is 0 Å². The van der Waals surface area contributed by atoms with E-state index in [9.17, 15) is 9.90 Å². The molecule has 0 spiro atoms. The van der Waals surface area contributed by atoms with Crippen LogP contribution in [0.25, 0.3) is 22.4 Å². The maximum absolute atomic E-state index is 11.9. The van der Waals surface area contributed by atoms with Crippen molar-refractivity contribution in [2.24, 2.45) is 0 Å². The predicted molar refractivity (Wildman–Crippen MR) is 109 cm³/mol. The number of hydrogen-bond acceptors (Lipinski definition) is 8. The highest BCUT2D eigenvalue weighted by molar-refractivity contribution is 7.98. The average molecular weight is 410 g/mol. The molecule has 1 N–H and O–H groups in total. The largest absolute Gasteiger partial charge is 0.508 e. The summed E-state index contributed by atoms with van der Waals surface area (Å²) in [7, 11) is 0. The van der Waals surface area contributed by atoms with Gasteiger partial charge in [0.05, 0.1) is 12.2 Å². The molecule has 0 fully saturated rings. The third-order valence-electron chi connectivity index (χ3n) is 4.39. The Kier molecular flexibility index (Phi) is 5.26. The van der Waals surface area contributed by atoms with Gasteiger partial charge in [-0.2, -0.15) is 0 Å². The minimum Gasteiger partial charge on any atom is -0.508 e. The van der Waals surface area contributed by atoms with Gasteiger partial charge >= 0.3 is 5.63 Å². The van der Waals surface area contributed by atoms with Crippen molar-refractivity contribution in [2.75, 3.05) is 6.61 Å². The van der Waals surface area contributed by atoms with Crippen LogP contribution in [0.2, 0.25) is 0 Å². The fourth-order valence-electron chi connectivity index (χ4n) is 2.98. The summed E-state index contributed by atoms with van der Waals surface area (Å²) >= 11 is 1.32. The van der Waals surface area contributed by atoms with Crippen LogP contribution in [-0.4, -0.2) is 21.9 Å². The second-order valence-electron chi connectivity index (χ2n) is 6.27. The fraction of sp³-hybridized carbons (Fsp3) is 0.190. The molecule has 0 atom stereocenters. The van der Waals surface area contributed by atoms with Gasteiger partial charge < -0.3 is 18.7 Å². The summed E-state index contributed by atoms with van der Waals surface area (Å²) in [5.74, 6) is 1.56. The van der Waals surface area contributed by atoms with E-state index in [-0.39, 0.29) is 5.75 Å². The fourth-order valence-corrected chi connectivity index (χ4v) is 3.73. The van der Waals surface area contributed by atoms with Gasteiger partial charge in [0, 0.05) is 22.8 Å². The number of thioether (sulfide) groups is 1. The highest BCUT2D eigenvalue weighted by Crippen LogP contribution is 2.33. The van der Waals surface area contributed by atoms with Gasteiger partial charge in [0.2, 0.25) is 0 Å².